The van der Waals surface area contributed by atoms with Crippen LogP contribution in [0.5, 0.6) is 11.6 Å². The van der Waals surface area contributed by atoms with Gasteiger partial charge in [0.1, 0.15) is 0 Å². The maximum atomic E-state index is 15.8. The highest BCUT2D eigenvalue weighted by Crippen LogP contribution is 2.42. The molecule has 2 aliphatic rings. The maximum absolute atomic E-state index is 15.8. The molecule has 0 saturated carbocycles. The van der Waals surface area contributed by atoms with Gasteiger partial charge >= 0.3 is 5.97 Å². The lowest BCUT2D eigenvalue weighted by Crippen LogP contribution is -2.36. The lowest BCUT2D eigenvalue weighted by atomic mass is 9.97. The number of anilines is 2. The van der Waals surface area contributed by atoms with E-state index in [4.69, 9.17) is 26.1 Å². The number of piperidine rings is 1. The zero-order valence-corrected chi connectivity index (χ0v) is 28.6. The molecule has 14 heteroatoms. The minimum atomic E-state index is -0.783. The first-order chi connectivity index (χ1) is 24.2. The van der Waals surface area contributed by atoms with Gasteiger partial charge in [0, 0.05) is 66.7 Å². The minimum absolute atomic E-state index is 0.0325. The first-order valence-corrected chi connectivity index (χ1v) is 16.8. The fourth-order valence-electron chi connectivity index (χ4n) is 6.41. The van der Waals surface area contributed by atoms with Crippen molar-refractivity contribution in [1.29, 1.82) is 0 Å². The molecule has 4 aromatic rings. The van der Waals surface area contributed by atoms with Gasteiger partial charge in [0.05, 0.1) is 42.2 Å². The SMILES string of the molecule is COc1nc(-c2ccnc(-c3cccc(Nc4nccc(CN5CCC(C(=O)O)CC5)c4F)c3OC)c2Cl)ccc1CNCC1CCC(=O)N1. The Morgan fingerprint density at radius 3 is 2.56 bits per heavy atom. The Balaban J connectivity index is 1.21. The van der Waals surface area contributed by atoms with E-state index in [9.17, 15) is 14.7 Å². The van der Waals surface area contributed by atoms with Gasteiger partial charge in [-0.15, -0.1) is 0 Å². The number of hydrogen-bond acceptors (Lipinski definition) is 10. The van der Waals surface area contributed by atoms with E-state index in [2.05, 4.69) is 30.8 Å². The number of carbonyl (C=O) groups excluding carboxylic acids is 1. The van der Waals surface area contributed by atoms with E-state index < -0.39 is 11.8 Å². The third-order valence-electron chi connectivity index (χ3n) is 9.12. The number of nitrogens with one attached hydrogen (secondary N) is 3. The monoisotopic (exact) mass is 703 g/mol. The number of carboxylic acids is 1. The van der Waals surface area contributed by atoms with Crippen LogP contribution in [0.25, 0.3) is 22.5 Å². The molecule has 1 atom stereocenters. The van der Waals surface area contributed by atoms with Gasteiger partial charge in [-0.3, -0.25) is 19.5 Å². The van der Waals surface area contributed by atoms with E-state index in [0.29, 0.717) is 102 Å². The maximum Gasteiger partial charge on any atom is 0.306 e. The Kier molecular flexibility index (Phi) is 11.1. The van der Waals surface area contributed by atoms with Crippen molar-refractivity contribution in [3.05, 3.63) is 76.8 Å². The predicted octanol–water partition coefficient (Wildman–Crippen LogP) is 5.42. The number of rotatable bonds is 13. The van der Waals surface area contributed by atoms with Gasteiger partial charge < -0.3 is 30.5 Å². The number of aliphatic carboxylic acids is 1. The summed E-state index contributed by atoms with van der Waals surface area (Å²) in [6.45, 7) is 2.66. The molecule has 3 aromatic heterocycles. The number of carbonyl (C=O) groups is 2. The number of amides is 1. The van der Waals surface area contributed by atoms with E-state index in [1.807, 2.05) is 18.2 Å². The van der Waals surface area contributed by atoms with Crippen LogP contribution in [0.3, 0.4) is 0 Å². The number of carboxylic acid groups (broad SMARTS) is 1. The van der Waals surface area contributed by atoms with E-state index in [0.717, 1.165) is 12.0 Å². The molecule has 2 aliphatic heterocycles. The second kappa shape index (κ2) is 15.8. The first kappa shape index (κ1) is 35.0. The van der Waals surface area contributed by atoms with Crippen molar-refractivity contribution in [2.24, 2.45) is 5.92 Å². The van der Waals surface area contributed by atoms with Crippen molar-refractivity contribution in [3.63, 3.8) is 0 Å². The minimum Gasteiger partial charge on any atom is -0.494 e. The van der Waals surface area contributed by atoms with Crippen LogP contribution in [0, 0.1) is 11.7 Å². The number of methoxy groups -OCH3 is 2. The van der Waals surface area contributed by atoms with Crippen molar-refractivity contribution in [2.45, 2.75) is 44.8 Å². The van der Waals surface area contributed by atoms with Crippen LogP contribution in [0.15, 0.2) is 54.9 Å². The Morgan fingerprint density at radius 2 is 1.84 bits per heavy atom. The Morgan fingerprint density at radius 1 is 1.04 bits per heavy atom. The molecule has 5 heterocycles. The summed E-state index contributed by atoms with van der Waals surface area (Å²) >= 11 is 7.01. The highest BCUT2D eigenvalue weighted by atomic mass is 35.5. The number of pyridine rings is 3. The Bertz CT molecular complexity index is 1870. The molecule has 2 fully saturated rings. The van der Waals surface area contributed by atoms with Crippen molar-refractivity contribution < 1.29 is 28.6 Å². The van der Waals surface area contributed by atoms with Gasteiger partial charge in [0.2, 0.25) is 11.8 Å². The molecule has 0 bridgehead atoms. The largest absolute Gasteiger partial charge is 0.494 e. The molecule has 12 nitrogen and oxygen atoms in total. The van der Waals surface area contributed by atoms with Crippen molar-refractivity contribution in [1.82, 2.24) is 30.5 Å². The topological polar surface area (TPSA) is 151 Å². The van der Waals surface area contributed by atoms with Crippen LogP contribution < -0.4 is 25.4 Å². The highest BCUT2D eigenvalue weighted by Gasteiger charge is 2.26. The molecular formula is C36H39ClFN7O5. The zero-order valence-electron chi connectivity index (χ0n) is 27.8. The Hall–Kier alpha value is -4.85. The third kappa shape index (κ3) is 7.80. The summed E-state index contributed by atoms with van der Waals surface area (Å²) in [5.74, 6) is -0.686. The quantitative estimate of drug-likeness (QED) is 0.141. The van der Waals surface area contributed by atoms with Crippen molar-refractivity contribution >= 4 is 35.0 Å². The summed E-state index contributed by atoms with van der Waals surface area (Å²) in [5.41, 5.74) is 4.03. The molecule has 1 unspecified atom stereocenters. The normalized spacial score (nSPS) is 16.6. The van der Waals surface area contributed by atoms with Gasteiger partial charge in [-0.2, -0.15) is 0 Å². The van der Waals surface area contributed by atoms with E-state index in [1.165, 1.54) is 7.11 Å². The zero-order chi connectivity index (χ0) is 35.2. The number of aromatic nitrogens is 3. The summed E-state index contributed by atoms with van der Waals surface area (Å²) in [6.07, 6.45) is 5.61. The van der Waals surface area contributed by atoms with Gasteiger partial charge in [0.25, 0.3) is 0 Å². The van der Waals surface area contributed by atoms with Crippen LogP contribution in [-0.4, -0.2) is 76.7 Å². The van der Waals surface area contributed by atoms with Crippen LogP contribution >= 0.6 is 11.6 Å². The van der Waals surface area contributed by atoms with E-state index in [-0.39, 0.29) is 23.7 Å². The molecule has 262 valence electrons. The van der Waals surface area contributed by atoms with Crippen molar-refractivity contribution in [2.75, 3.05) is 39.2 Å². The van der Waals surface area contributed by atoms with Crippen LogP contribution in [0.2, 0.25) is 5.02 Å². The highest BCUT2D eigenvalue weighted by molar-refractivity contribution is 6.35. The summed E-state index contributed by atoms with van der Waals surface area (Å²) in [4.78, 5) is 38.5. The number of hydrogen-bond donors (Lipinski definition) is 4. The summed E-state index contributed by atoms with van der Waals surface area (Å²) < 4.78 is 27.2. The molecular weight excluding hydrogens is 665 g/mol. The molecule has 0 spiro atoms. The van der Waals surface area contributed by atoms with E-state index >= 15 is 4.39 Å². The van der Waals surface area contributed by atoms with Crippen LogP contribution in [-0.2, 0) is 22.7 Å². The number of likely N-dealkylation sites (tertiary alicyclic amines) is 1. The average Bonchev–Trinajstić information content (AvgIpc) is 3.54. The number of nitrogens with zero attached hydrogens (tertiary/aromatic N) is 4. The number of ether oxygens (including phenoxy) is 2. The fraction of sp³-hybridized carbons (Fsp3) is 0.361. The lowest BCUT2D eigenvalue weighted by molar-refractivity contribution is -0.143. The van der Waals surface area contributed by atoms with Gasteiger partial charge in [-0.25, -0.2) is 14.4 Å². The summed E-state index contributed by atoms with van der Waals surface area (Å²) in [7, 11) is 3.08. The Labute approximate surface area is 294 Å². The van der Waals surface area contributed by atoms with Crippen LogP contribution in [0.1, 0.15) is 36.8 Å². The number of para-hydroxylation sites is 1. The third-order valence-corrected chi connectivity index (χ3v) is 9.50. The molecule has 4 N–H and O–H groups in total. The molecule has 50 heavy (non-hydrogen) atoms. The first-order valence-electron chi connectivity index (χ1n) is 16.5. The average molecular weight is 704 g/mol. The summed E-state index contributed by atoms with van der Waals surface area (Å²) in [5, 5.41) is 19.1. The van der Waals surface area contributed by atoms with Gasteiger partial charge in [-0.05, 0) is 62.7 Å². The summed E-state index contributed by atoms with van der Waals surface area (Å²) in [6, 6.07) is 12.7. The fourth-order valence-corrected chi connectivity index (χ4v) is 6.72. The van der Waals surface area contributed by atoms with Gasteiger partial charge in [-0.1, -0.05) is 23.7 Å². The van der Waals surface area contributed by atoms with Crippen LogP contribution in [0.4, 0.5) is 15.9 Å². The molecule has 6 rings (SSSR count). The predicted molar refractivity (Wildman–Crippen MR) is 187 cm³/mol. The number of benzene rings is 1. The second-order valence-electron chi connectivity index (χ2n) is 12.4. The molecule has 0 radical (unpaired) electrons. The molecule has 2 saturated heterocycles. The molecule has 1 aromatic carbocycles. The lowest BCUT2D eigenvalue weighted by Gasteiger charge is -2.30. The smallest absolute Gasteiger partial charge is 0.306 e. The standard InChI is InChI=1S/C36H39ClFN7O5/c1-49-33-26(4-3-5-28(33)43-34-31(38)23(10-14-41-34)20-45-16-12-21(13-17-45)36(47)48)32-30(37)25(11-15-40-32)27-8-6-22(35(44-27)50-2)18-39-19-24-7-9-29(46)42-24/h3-6,8,10-11,14-15,21,24,39H,7,9,12-13,16-20H2,1-2H3,(H,41,43)(H,42,46)(H,47,48). The second-order valence-corrected chi connectivity index (χ2v) is 12.7. The van der Waals surface area contributed by atoms with E-state index in [1.54, 1.807) is 43.8 Å². The van der Waals surface area contributed by atoms with Gasteiger partial charge in [0.15, 0.2) is 17.4 Å². The molecule has 1 amide bonds. The number of halogens is 2. The van der Waals surface area contributed by atoms with Crippen molar-refractivity contribution in [3.8, 4) is 34.1 Å². The molecule has 0 aliphatic carbocycles.